The van der Waals surface area contributed by atoms with Gasteiger partial charge in [-0.3, -0.25) is 9.69 Å². The number of methoxy groups -OCH3 is 1. The molecular formula is C27H38N3O6+. The molecule has 0 fully saturated rings. The first-order chi connectivity index (χ1) is 17.0. The number of nitrogens with zero attached hydrogens (tertiary/aromatic N) is 2. The molecule has 0 aliphatic heterocycles. The van der Waals surface area contributed by atoms with E-state index in [4.69, 9.17) is 9.47 Å². The van der Waals surface area contributed by atoms with Crippen molar-refractivity contribution in [2.24, 2.45) is 0 Å². The van der Waals surface area contributed by atoms with Gasteiger partial charge in [0.25, 0.3) is 0 Å². The molecule has 1 aromatic heterocycles. The van der Waals surface area contributed by atoms with Crippen LogP contribution in [0.4, 0.5) is 10.6 Å². The molecule has 2 rings (SSSR count). The quantitative estimate of drug-likeness (QED) is 0.374. The second kappa shape index (κ2) is 13.6. The highest BCUT2D eigenvalue weighted by atomic mass is 16.6. The number of aromatic nitrogens is 1. The fraction of sp³-hybridized carbons (Fsp3) is 0.481. The van der Waals surface area contributed by atoms with E-state index in [9.17, 15) is 14.4 Å². The molecule has 2 N–H and O–H groups in total. The fourth-order valence-electron chi connectivity index (χ4n) is 3.56. The number of nitrogens with one attached hydrogen (secondary N) is 1. The molecule has 1 atom stereocenters. The minimum Gasteiger partial charge on any atom is -0.467 e. The highest BCUT2D eigenvalue weighted by Crippen LogP contribution is 2.18. The van der Waals surface area contributed by atoms with E-state index in [1.807, 2.05) is 37.3 Å². The Balaban J connectivity index is 2.03. The Morgan fingerprint density at radius 3 is 2.50 bits per heavy atom. The van der Waals surface area contributed by atoms with Gasteiger partial charge in [0.2, 0.25) is 5.91 Å². The normalized spacial score (nSPS) is 11.9. The molecule has 0 spiro atoms. The van der Waals surface area contributed by atoms with Crippen LogP contribution in [-0.2, 0) is 32.1 Å². The molecular weight excluding hydrogens is 462 g/mol. The summed E-state index contributed by atoms with van der Waals surface area (Å²) in [7, 11) is 3.03. The van der Waals surface area contributed by atoms with E-state index in [1.165, 1.54) is 12.0 Å². The highest BCUT2D eigenvalue weighted by Gasteiger charge is 2.25. The lowest BCUT2D eigenvalue weighted by atomic mass is 10.0. The van der Waals surface area contributed by atoms with Crippen LogP contribution in [-0.4, -0.2) is 60.1 Å². The monoisotopic (exact) mass is 500 g/mol. The van der Waals surface area contributed by atoms with Crippen LogP contribution in [0.2, 0.25) is 0 Å². The number of pyridine rings is 1. The summed E-state index contributed by atoms with van der Waals surface area (Å²) in [5, 5.41) is 2.77. The SMILES string of the molecule is COC(=O)[C@H](Cc1cccc(C[OH+]C)c1)NC(=O)CCCN(C(=O)OC(C)(C)C)c1cc(C)ccn1. The van der Waals surface area contributed by atoms with Crippen molar-refractivity contribution in [3.8, 4) is 0 Å². The molecule has 0 radical (unpaired) electrons. The summed E-state index contributed by atoms with van der Waals surface area (Å²) in [5.74, 6) is -0.379. The van der Waals surface area contributed by atoms with E-state index in [0.717, 1.165) is 16.7 Å². The van der Waals surface area contributed by atoms with Crippen molar-refractivity contribution < 1.29 is 28.6 Å². The van der Waals surface area contributed by atoms with Gasteiger partial charge < -0.3 is 19.5 Å². The Kier molecular flexibility index (Phi) is 10.9. The number of aryl methyl sites for hydroxylation is 1. The summed E-state index contributed by atoms with van der Waals surface area (Å²) in [6, 6.07) is 10.5. The molecule has 2 amide bonds. The summed E-state index contributed by atoms with van der Waals surface area (Å²) in [6.07, 6.45) is 1.84. The average molecular weight is 501 g/mol. The topological polar surface area (TPSA) is 111 Å². The number of hydrogen-bond donors (Lipinski definition) is 1. The number of ether oxygens (including phenoxy) is 3. The van der Waals surface area contributed by atoms with Gasteiger partial charge in [0.1, 0.15) is 24.6 Å². The first-order valence-corrected chi connectivity index (χ1v) is 12.0. The van der Waals surface area contributed by atoms with Gasteiger partial charge in [0.15, 0.2) is 6.61 Å². The summed E-state index contributed by atoms with van der Waals surface area (Å²) in [4.78, 5) is 43.6. The van der Waals surface area contributed by atoms with Crippen molar-refractivity contribution in [1.82, 2.24) is 10.3 Å². The van der Waals surface area contributed by atoms with Gasteiger partial charge in [-0.25, -0.2) is 14.6 Å². The van der Waals surface area contributed by atoms with Crippen LogP contribution in [0.25, 0.3) is 0 Å². The van der Waals surface area contributed by atoms with Crippen LogP contribution in [0.1, 0.15) is 50.3 Å². The molecule has 1 aromatic carbocycles. The maximum absolute atomic E-state index is 12.8. The highest BCUT2D eigenvalue weighted by molar-refractivity contribution is 5.87. The third-order valence-corrected chi connectivity index (χ3v) is 5.17. The minimum atomic E-state index is -0.822. The van der Waals surface area contributed by atoms with Gasteiger partial charge in [0, 0.05) is 31.1 Å². The number of hydrogen-bond acceptors (Lipinski definition) is 6. The number of esters is 1. The zero-order chi connectivity index (χ0) is 26.7. The predicted molar refractivity (Wildman–Crippen MR) is 138 cm³/mol. The van der Waals surface area contributed by atoms with Gasteiger partial charge in [-0.15, -0.1) is 0 Å². The molecule has 0 aliphatic rings. The maximum Gasteiger partial charge on any atom is 0.416 e. The lowest BCUT2D eigenvalue weighted by Crippen LogP contribution is -2.43. The van der Waals surface area contributed by atoms with E-state index < -0.39 is 23.7 Å². The Bertz CT molecular complexity index is 1030. The number of aliphatic hydroxyl groups is 2. The largest absolute Gasteiger partial charge is 0.467 e. The molecule has 0 aliphatic carbocycles. The lowest BCUT2D eigenvalue weighted by molar-refractivity contribution is -0.145. The number of carbonyl (C=O) groups is 3. The van der Waals surface area contributed by atoms with Crippen LogP contribution in [0.5, 0.6) is 0 Å². The molecule has 196 valence electrons. The van der Waals surface area contributed by atoms with Gasteiger partial charge in [-0.1, -0.05) is 18.2 Å². The molecule has 1 heterocycles. The van der Waals surface area contributed by atoms with Crippen LogP contribution in [0, 0.1) is 6.92 Å². The fourth-order valence-corrected chi connectivity index (χ4v) is 3.56. The molecule has 9 nitrogen and oxygen atoms in total. The Labute approximate surface area is 213 Å². The van der Waals surface area contributed by atoms with E-state index in [-0.39, 0.29) is 18.9 Å². The number of benzene rings is 1. The number of rotatable bonds is 11. The van der Waals surface area contributed by atoms with Crippen LogP contribution < -0.4 is 10.2 Å². The standard InChI is InChI=1S/C27H37N3O6/c1-19-12-13-28-23(15-19)30(26(33)36-27(2,3)4)14-8-11-24(31)29-22(25(32)35-6)17-20-9-7-10-21(16-20)18-34-5/h7,9-10,12-13,15-16,22H,8,11,14,17-18H2,1-6H3,(H,29,31)/p+1/t22-/m0/s1. The molecule has 2 aromatic rings. The molecule has 9 heteroatoms. The van der Waals surface area contributed by atoms with Gasteiger partial charge in [0.05, 0.1) is 7.11 Å². The number of amides is 2. The van der Waals surface area contributed by atoms with Crippen molar-refractivity contribution >= 4 is 23.8 Å². The lowest BCUT2D eigenvalue weighted by Gasteiger charge is -2.27. The van der Waals surface area contributed by atoms with Crippen molar-refractivity contribution in [3.05, 3.63) is 59.3 Å². The minimum absolute atomic E-state index is 0.105. The number of carbonyl (C=O) groups excluding carboxylic acids is 3. The molecule has 0 saturated carbocycles. The van der Waals surface area contributed by atoms with Crippen molar-refractivity contribution in [1.29, 1.82) is 0 Å². The van der Waals surface area contributed by atoms with Crippen molar-refractivity contribution in [2.75, 3.05) is 25.7 Å². The zero-order valence-corrected chi connectivity index (χ0v) is 22.0. The Morgan fingerprint density at radius 2 is 1.86 bits per heavy atom. The first kappa shape index (κ1) is 28.8. The smallest absolute Gasteiger partial charge is 0.416 e. The van der Waals surface area contributed by atoms with Crippen LogP contribution in [0.15, 0.2) is 42.6 Å². The third-order valence-electron chi connectivity index (χ3n) is 5.17. The summed E-state index contributed by atoms with van der Waals surface area (Å²) < 4.78 is 14.6. The van der Waals surface area contributed by atoms with E-state index in [0.29, 0.717) is 25.3 Å². The summed E-state index contributed by atoms with van der Waals surface area (Å²) in [6.45, 7) is 8.09. The second-order valence-corrected chi connectivity index (χ2v) is 9.57. The Morgan fingerprint density at radius 1 is 1.14 bits per heavy atom. The second-order valence-electron chi connectivity index (χ2n) is 9.57. The molecule has 0 bridgehead atoms. The van der Waals surface area contributed by atoms with E-state index in [2.05, 4.69) is 15.0 Å². The maximum atomic E-state index is 12.8. The average Bonchev–Trinajstić information content (AvgIpc) is 2.80. The molecule has 0 unspecified atom stereocenters. The number of anilines is 1. The molecule has 36 heavy (non-hydrogen) atoms. The summed E-state index contributed by atoms with van der Waals surface area (Å²) in [5.41, 5.74) is 2.20. The predicted octanol–water partition coefficient (Wildman–Crippen LogP) is 3.47. The van der Waals surface area contributed by atoms with E-state index in [1.54, 1.807) is 40.1 Å². The molecule has 0 saturated heterocycles. The third kappa shape index (κ3) is 9.65. The van der Waals surface area contributed by atoms with Crippen molar-refractivity contribution in [2.45, 2.75) is 65.2 Å². The van der Waals surface area contributed by atoms with Gasteiger partial charge >= 0.3 is 12.1 Å². The summed E-state index contributed by atoms with van der Waals surface area (Å²) >= 11 is 0. The zero-order valence-electron chi connectivity index (χ0n) is 22.0. The van der Waals surface area contributed by atoms with Gasteiger partial charge in [-0.2, -0.15) is 0 Å². The Hall–Kier alpha value is -3.46. The first-order valence-electron chi connectivity index (χ1n) is 12.0. The van der Waals surface area contributed by atoms with Crippen LogP contribution >= 0.6 is 0 Å². The van der Waals surface area contributed by atoms with E-state index >= 15 is 0 Å². The van der Waals surface area contributed by atoms with Gasteiger partial charge in [-0.05, 0) is 63.4 Å². The van der Waals surface area contributed by atoms with Crippen LogP contribution in [0.3, 0.4) is 0 Å². The van der Waals surface area contributed by atoms with Crippen molar-refractivity contribution in [3.63, 3.8) is 0 Å².